The Hall–Kier alpha value is -8.44. The van der Waals surface area contributed by atoms with Crippen molar-refractivity contribution in [2.45, 2.75) is 120 Å². The number of ether oxygens (including phenoxy) is 3. The molecule has 4 fully saturated rings. The Morgan fingerprint density at radius 1 is 0.651 bits per heavy atom. The SMILES string of the molecule is CC(C)(C)OC(=O)NC1(C(=O)O)CCN(c2ncnc3[nH]ccc23)CC1.CC(C)(C)OC(=O)NC1(C(=O)O)CCNCC1.Clc1ncnc2[nH]ccc12.N[C@@H](CCO)c1ccc(Cl)cc1.O=C1NC2(CCN(c3ncnc4[nH]ccc34)CC2)C(=O)O1. The van der Waals surface area contributed by atoms with Gasteiger partial charge in [0.25, 0.3) is 0 Å². The number of aliphatic hydroxyl groups excluding tert-OH is 1. The second kappa shape index (κ2) is 28.2. The number of nitrogens with one attached hydrogen (secondary N) is 7. The lowest BCUT2D eigenvalue weighted by Gasteiger charge is -2.40. The number of nitrogens with two attached hydrogens (primary N) is 1. The first-order valence-electron chi connectivity index (χ1n) is 27.6. The molecule has 0 bridgehead atoms. The Bertz CT molecular complexity index is 3450. The zero-order chi connectivity index (χ0) is 62.5. The van der Waals surface area contributed by atoms with E-state index in [4.69, 9.17) is 43.5 Å². The standard InChI is InChI=1S/C17H23N5O4.C13H13N5O3.C11H20N2O4.C9H12ClNO.C6H4ClN3/c1-16(2,3)26-15(25)21-17(14(23)24)5-8-22(9-6-17)13-11-4-7-18-12(11)19-10-20-13;19-11-13(17-12(20)21-11)2-5-18(6-3-13)10-8-1-4-14-9(8)15-7-16-10;1-10(2,3)17-9(16)13-11(8(14)15)4-6-12-7-5-11;10-8-3-1-7(2-4-8)9(11)5-6-12;7-5-4-1-2-8-6(4)10-3-9-5/h4,7,10H,5-6,8-9H2,1-3H3,(H,21,25)(H,23,24)(H,18,19,20);1,4,7H,2-3,5-6H2,(H,17,20)(H,14,15,16);12H,4-7H2,1-3H3,(H,13,16)(H,14,15);1-4,9,12H,5-6,11H2;1-3H,(H,8,9,10)/t;;;9-;/m...0./s1. The molecular formula is C56H72Cl2N16O12. The zero-order valence-corrected chi connectivity index (χ0v) is 49.9. The molecule has 4 saturated heterocycles. The van der Waals surface area contributed by atoms with E-state index in [1.807, 2.05) is 41.4 Å². The summed E-state index contributed by atoms with van der Waals surface area (Å²) in [7, 11) is 0. The first kappa shape index (κ1) is 65.1. The Morgan fingerprint density at radius 2 is 1.08 bits per heavy atom. The van der Waals surface area contributed by atoms with Crippen LogP contribution >= 0.6 is 23.2 Å². The van der Waals surface area contributed by atoms with Gasteiger partial charge in [0.1, 0.15) is 80.5 Å². The molecule has 0 radical (unpaired) electrons. The van der Waals surface area contributed by atoms with E-state index in [0.29, 0.717) is 81.5 Å². The summed E-state index contributed by atoms with van der Waals surface area (Å²) in [5.41, 5.74) is 4.33. The van der Waals surface area contributed by atoms with Crippen LogP contribution in [0.1, 0.15) is 98.1 Å². The van der Waals surface area contributed by atoms with Crippen molar-refractivity contribution in [3.63, 3.8) is 0 Å². The van der Waals surface area contributed by atoms with Crippen LogP contribution in [0.4, 0.5) is 26.0 Å². The number of aliphatic carboxylic acids is 2. The maximum absolute atomic E-state index is 12.1. The number of nitrogens with zero attached hydrogens (tertiary/aromatic N) is 8. The number of amides is 3. The van der Waals surface area contributed by atoms with Crippen LogP contribution in [0.25, 0.3) is 33.1 Å². The molecule has 7 aromatic rings. The van der Waals surface area contributed by atoms with Gasteiger partial charge in [-0.2, -0.15) is 0 Å². The molecular weight excluding hydrogens is 1160 g/mol. The maximum Gasteiger partial charge on any atom is 0.415 e. The van der Waals surface area contributed by atoms with Crippen LogP contribution in [-0.2, 0) is 28.6 Å². The predicted octanol–water partition coefficient (Wildman–Crippen LogP) is 6.52. The number of carboxylic acid groups (broad SMARTS) is 2. The van der Waals surface area contributed by atoms with Gasteiger partial charge in [-0.3, -0.25) is 0 Å². The summed E-state index contributed by atoms with van der Waals surface area (Å²) in [6, 6.07) is 12.9. The molecule has 462 valence electrons. The van der Waals surface area contributed by atoms with Gasteiger partial charge in [0, 0.05) is 62.4 Å². The summed E-state index contributed by atoms with van der Waals surface area (Å²) < 4.78 is 14.9. The molecule has 12 N–H and O–H groups in total. The number of alkyl carbamates (subject to hydrolysis) is 3. The molecule has 10 heterocycles. The number of carbonyl (C=O) groups excluding carboxylic acids is 4. The molecule has 11 rings (SSSR count). The zero-order valence-electron chi connectivity index (χ0n) is 48.4. The number of cyclic esters (lactones) is 2. The van der Waals surface area contributed by atoms with E-state index >= 15 is 0 Å². The van der Waals surface area contributed by atoms with Gasteiger partial charge in [0.05, 0.1) is 16.2 Å². The van der Waals surface area contributed by atoms with Crippen LogP contribution in [-0.4, -0.2) is 170 Å². The van der Waals surface area contributed by atoms with Crippen molar-refractivity contribution in [1.82, 2.24) is 66.1 Å². The molecule has 1 spiro atoms. The number of benzene rings is 1. The van der Waals surface area contributed by atoms with Crippen molar-refractivity contribution in [1.29, 1.82) is 0 Å². The van der Waals surface area contributed by atoms with Crippen molar-refractivity contribution in [3.05, 3.63) is 95.8 Å². The molecule has 0 unspecified atom stereocenters. The summed E-state index contributed by atoms with van der Waals surface area (Å²) in [6.45, 7) is 13.8. The van der Waals surface area contributed by atoms with Crippen molar-refractivity contribution >= 4 is 104 Å². The van der Waals surface area contributed by atoms with E-state index in [0.717, 1.165) is 50.3 Å². The quantitative estimate of drug-likeness (QED) is 0.0317. The number of anilines is 2. The van der Waals surface area contributed by atoms with E-state index in [1.54, 1.807) is 66.1 Å². The molecule has 1 atom stereocenters. The number of fused-ring (bicyclic) bond motifs is 3. The fraction of sp³-hybridized carbons (Fsp3) is 0.464. The highest BCUT2D eigenvalue weighted by molar-refractivity contribution is 6.33. The molecule has 4 aliphatic rings. The molecule has 0 saturated carbocycles. The van der Waals surface area contributed by atoms with Crippen molar-refractivity contribution in [2.75, 3.05) is 55.7 Å². The number of carbonyl (C=O) groups is 6. The summed E-state index contributed by atoms with van der Waals surface area (Å²) in [4.78, 5) is 108. The predicted molar refractivity (Wildman–Crippen MR) is 319 cm³/mol. The third-order valence-corrected chi connectivity index (χ3v) is 14.8. The number of rotatable bonds is 9. The van der Waals surface area contributed by atoms with Gasteiger partial charge >= 0.3 is 36.2 Å². The fourth-order valence-electron chi connectivity index (χ4n) is 9.70. The van der Waals surface area contributed by atoms with E-state index in [9.17, 15) is 39.0 Å². The largest absolute Gasteiger partial charge is 0.480 e. The molecule has 4 aliphatic heterocycles. The topological polar surface area (TPSA) is 396 Å². The number of hydrogen-bond donors (Lipinski definition) is 11. The summed E-state index contributed by atoms with van der Waals surface area (Å²) >= 11 is 11.4. The van der Waals surface area contributed by atoms with Gasteiger partial charge in [-0.1, -0.05) is 35.3 Å². The average molecular weight is 1230 g/mol. The highest BCUT2D eigenvalue weighted by Crippen LogP contribution is 2.33. The van der Waals surface area contributed by atoms with Crippen molar-refractivity contribution in [3.8, 4) is 0 Å². The van der Waals surface area contributed by atoms with Gasteiger partial charge in [0.15, 0.2) is 0 Å². The second-order valence-corrected chi connectivity index (χ2v) is 23.4. The monoisotopic (exact) mass is 1230 g/mol. The number of aromatic amines is 3. The number of carboxylic acids is 2. The van der Waals surface area contributed by atoms with Crippen LogP contribution in [0.15, 0.2) is 80.0 Å². The molecule has 3 amide bonds. The fourth-order valence-corrected chi connectivity index (χ4v) is 10.0. The number of esters is 1. The Balaban J connectivity index is 0.000000160. The molecule has 1 aromatic carbocycles. The van der Waals surface area contributed by atoms with Crippen LogP contribution in [0.3, 0.4) is 0 Å². The molecule has 0 aliphatic carbocycles. The normalized spacial score (nSPS) is 17.1. The van der Waals surface area contributed by atoms with E-state index in [2.05, 4.69) is 75.8 Å². The van der Waals surface area contributed by atoms with Gasteiger partial charge in [0.2, 0.25) is 0 Å². The number of piperidine rings is 3. The lowest BCUT2D eigenvalue weighted by Crippen LogP contribution is -2.60. The third-order valence-electron chi connectivity index (χ3n) is 14.2. The Morgan fingerprint density at radius 3 is 1.50 bits per heavy atom. The van der Waals surface area contributed by atoms with E-state index < -0.39 is 64.0 Å². The first-order valence-corrected chi connectivity index (χ1v) is 28.4. The number of H-pyrrole nitrogens is 3. The van der Waals surface area contributed by atoms with Gasteiger partial charge in [-0.15, -0.1) is 0 Å². The van der Waals surface area contributed by atoms with Gasteiger partial charge < -0.3 is 81.3 Å². The minimum absolute atomic E-state index is 0.0905. The molecule has 28 nitrogen and oxygen atoms in total. The lowest BCUT2D eigenvalue weighted by atomic mass is 9.87. The van der Waals surface area contributed by atoms with Crippen molar-refractivity contribution < 1.29 is 58.3 Å². The van der Waals surface area contributed by atoms with Crippen LogP contribution in [0.5, 0.6) is 0 Å². The molecule has 30 heteroatoms. The summed E-state index contributed by atoms with van der Waals surface area (Å²) in [5.74, 6) is -0.940. The average Bonchev–Trinajstić information content (AvgIpc) is 1.69. The lowest BCUT2D eigenvalue weighted by molar-refractivity contribution is -0.146. The van der Waals surface area contributed by atoms with E-state index in [-0.39, 0.29) is 25.5 Å². The molecule has 6 aromatic heterocycles. The summed E-state index contributed by atoms with van der Waals surface area (Å²) in [6.07, 6.45) is 10.6. The van der Waals surface area contributed by atoms with Crippen molar-refractivity contribution in [2.24, 2.45) is 5.73 Å². The minimum Gasteiger partial charge on any atom is -0.480 e. The summed E-state index contributed by atoms with van der Waals surface area (Å²) in [5, 5.41) is 42.3. The highest BCUT2D eigenvalue weighted by Gasteiger charge is 2.51. The van der Waals surface area contributed by atoms with Crippen LogP contribution in [0, 0.1) is 0 Å². The van der Waals surface area contributed by atoms with E-state index in [1.165, 1.54) is 19.0 Å². The molecule has 86 heavy (non-hydrogen) atoms. The van der Waals surface area contributed by atoms with Gasteiger partial charge in [-0.25, -0.2) is 58.7 Å². The van der Waals surface area contributed by atoms with Crippen LogP contribution < -0.4 is 36.8 Å². The Kier molecular flexibility index (Phi) is 21.3. The third kappa shape index (κ3) is 16.9. The second-order valence-electron chi connectivity index (χ2n) is 22.6. The highest BCUT2D eigenvalue weighted by atomic mass is 35.5. The number of hydrogen-bond acceptors (Lipinski definition) is 20. The van der Waals surface area contributed by atoms with Crippen LogP contribution in [0.2, 0.25) is 10.2 Å². The minimum atomic E-state index is -1.34. The first-order chi connectivity index (χ1) is 40.7. The number of aliphatic hydroxyl groups is 1. The van der Waals surface area contributed by atoms with Gasteiger partial charge in [-0.05, 0) is 135 Å². The Labute approximate surface area is 504 Å². The number of halogens is 2. The smallest absolute Gasteiger partial charge is 0.415 e. The number of aromatic nitrogens is 9. The maximum atomic E-state index is 12.1.